The van der Waals surface area contributed by atoms with Crippen molar-refractivity contribution in [3.8, 4) is 0 Å². The van der Waals surface area contributed by atoms with Gasteiger partial charge in [0.05, 0.1) is 13.2 Å². The van der Waals surface area contributed by atoms with Gasteiger partial charge in [0.15, 0.2) is 0 Å². The van der Waals surface area contributed by atoms with Gasteiger partial charge in [0, 0.05) is 0 Å². The third kappa shape index (κ3) is 513. The summed E-state index contributed by atoms with van der Waals surface area (Å²) in [7, 11) is 0. The number of aliphatic hydroxyl groups is 2. The molecule has 0 atom stereocenters. The van der Waals surface area contributed by atoms with Gasteiger partial charge in [-0.15, -0.1) is 0 Å². The molecule has 0 aromatic heterocycles. The first-order chi connectivity index (χ1) is 3.65. The van der Waals surface area contributed by atoms with E-state index in [2.05, 4.69) is 6.58 Å². The molecule has 0 unspecified atom stereocenters. The fourth-order valence-electron chi connectivity index (χ4n) is 0. The van der Waals surface area contributed by atoms with Crippen LogP contribution in [0.5, 0.6) is 0 Å². The Labute approximate surface area is 49.4 Å². The van der Waals surface area contributed by atoms with Crippen molar-refractivity contribution < 1.29 is 10.2 Å². The van der Waals surface area contributed by atoms with Crippen LogP contribution in [0.4, 0.5) is 0 Å². The van der Waals surface area contributed by atoms with E-state index in [-0.39, 0.29) is 13.2 Å². The summed E-state index contributed by atoms with van der Waals surface area (Å²) in [5.74, 6) is 0. The summed E-state index contributed by atoms with van der Waals surface area (Å²) in [5.41, 5.74) is 5.58. The average Bonchev–Trinajstić information content (AvgIpc) is 1.65. The van der Waals surface area contributed by atoms with Crippen LogP contribution in [0.3, 0.4) is 0 Å². The second kappa shape index (κ2) is 9.68. The van der Waals surface area contributed by atoms with E-state index >= 15 is 0 Å². The van der Waals surface area contributed by atoms with Crippen LogP contribution in [0.2, 0.25) is 0 Å². The fourth-order valence-corrected chi connectivity index (χ4v) is 0. The lowest BCUT2D eigenvalue weighted by molar-refractivity contribution is 0.186. The molecule has 0 amide bonds. The minimum Gasteiger partial charge on any atom is -0.403 e. The molecule has 0 fully saturated rings. The molecular formula is C5H13NO2. The van der Waals surface area contributed by atoms with Crippen molar-refractivity contribution in [2.24, 2.45) is 5.73 Å². The largest absolute Gasteiger partial charge is 0.403 e. The van der Waals surface area contributed by atoms with Crippen LogP contribution in [0, 0.1) is 0 Å². The monoisotopic (exact) mass is 119 g/mol. The van der Waals surface area contributed by atoms with Crippen molar-refractivity contribution in [1.82, 2.24) is 0 Å². The Morgan fingerprint density at radius 1 is 1.50 bits per heavy atom. The average molecular weight is 119 g/mol. The molecule has 0 radical (unpaired) electrons. The second-order valence-corrected chi connectivity index (χ2v) is 1.29. The third-order valence-corrected chi connectivity index (χ3v) is 0.1000. The van der Waals surface area contributed by atoms with E-state index < -0.39 is 0 Å². The van der Waals surface area contributed by atoms with Gasteiger partial charge in [0.1, 0.15) is 0 Å². The van der Waals surface area contributed by atoms with Crippen molar-refractivity contribution in [2.75, 3.05) is 13.2 Å². The van der Waals surface area contributed by atoms with Crippen molar-refractivity contribution in [1.29, 1.82) is 0 Å². The summed E-state index contributed by atoms with van der Waals surface area (Å²) in [6, 6.07) is 0. The predicted molar refractivity (Wildman–Crippen MR) is 33.2 cm³/mol. The smallest absolute Gasteiger partial charge is 0.0662 e. The highest BCUT2D eigenvalue weighted by molar-refractivity contribution is 4.76. The molecule has 3 heteroatoms. The minimum atomic E-state index is -0.125. The molecule has 0 aliphatic heterocycles. The van der Waals surface area contributed by atoms with Crippen molar-refractivity contribution in [3.63, 3.8) is 0 Å². The van der Waals surface area contributed by atoms with E-state index in [1.54, 1.807) is 6.92 Å². The summed E-state index contributed by atoms with van der Waals surface area (Å²) in [6.07, 6.45) is 0. The molecule has 3 nitrogen and oxygen atoms in total. The molecule has 50 valence electrons. The third-order valence-electron chi connectivity index (χ3n) is 0.1000. The molecule has 0 rings (SSSR count). The van der Waals surface area contributed by atoms with E-state index in [9.17, 15) is 0 Å². The highest BCUT2D eigenvalue weighted by Gasteiger charge is 1.58. The summed E-state index contributed by atoms with van der Waals surface area (Å²) < 4.78 is 0. The Bertz CT molecular complexity index is 48.4. The quantitative estimate of drug-likeness (QED) is 0.434. The molecule has 0 saturated heterocycles. The summed E-state index contributed by atoms with van der Waals surface area (Å²) >= 11 is 0. The van der Waals surface area contributed by atoms with Crippen LogP contribution in [-0.2, 0) is 0 Å². The van der Waals surface area contributed by atoms with Gasteiger partial charge in [-0.25, -0.2) is 0 Å². The topological polar surface area (TPSA) is 66.5 Å². The molecule has 8 heavy (non-hydrogen) atoms. The standard InChI is InChI=1S/C3H7N.C2H6O2/c1-3(2)4;3-1-2-4/h1,4H2,2H3;3-4H,1-2H2. The molecule has 0 saturated carbocycles. The van der Waals surface area contributed by atoms with Crippen LogP contribution < -0.4 is 5.73 Å². The highest BCUT2D eigenvalue weighted by atomic mass is 16.3. The lowest BCUT2D eigenvalue weighted by Gasteiger charge is -1.70. The van der Waals surface area contributed by atoms with E-state index in [1.807, 2.05) is 0 Å². The zero-order valence-electron chi connectivity index (χ0n) is 5.09. The molecular weight excluding hydrogens is 106 g/mol. The molecule has 0 aliphatic carbocycles. The number of hydrogen-bond donors (Lipinski definition) is 3. The van der Waals surface area contributed by atoms with Crippen molar-refractivity contribution in [2.45, 2.75) is 6.92 Å². The second-order valence-electron chi connectivity index (χ2n) is 1.29. The summed E-state index contributed by atoms with van der Waals surface area (Å²) in [4.78, 5) is 0. The SMILES string of the molecule is C=C(C)N.OCCO. The van der Waals surface area contributed by atoms with Gasteiger partial charge in [-0.2, -0.15) is 0 Å². The normalized spacial score (nSPS) is 6.88. The maximum Gasteiger partial charge on any atom is 0.0662 e. The van der Waals surface area contributed by atoms with E-state index in [0.717, 1.165) is 0 Å². The first kappa shape index (κ1) is 10.4. The number of hydrogen-bond acceptors (Lipinski definition) is 3. The Kier molecular flexibility index (Phi) is 12.6. The zero-order chi connectivity index (χ0) is 6.99. The lowest BCUT2D eigenvalue weighted by atomic mass is 10.6. The van der Waals surface area contributed by atoms with Crippen LogP contribution in [0.15, 0.2) is 12.3 Å². The predicted octanol–water partition coefficient (Wildman–Crippen LogP) is -0.550. The Hall–Kier alpha value is -0.540. The summed E-state index contributed by atoms with van der Waals surface area (Å²) in [6.45, 7) is 4.83. The van der Waals surface area contributed by atoms with Gasteiger partial charge < -0.3 is 15.9 Å². The van der Waals surface area contributed by atoms with Crippen LogP contribution in [0.1, 0.15) is 6.92 Å². The number of rotatable bonds is 1. The Balaban J connectivity index is 0. The van der Waals surface area contributed by atoms with E-state index in [4.69, 9.17) is 15.9 Å². The van der Waals surface area contributed by atoms with Crippen LogP contribution in [-0.4, -0.2) is 23.4 Å². The fraction of sp³-hybridized carbons (Fsp3) is 0.600. The Morgan fingerprint density at radius 3 is 1.62 bits per heavy atom. The Morgan fingerprint density at radius 2 is 1.62 bits per heavy atom. The molecule has 4 N–H and O–H groups in total. The van der Waals surface area contributed by atoms with E-state index in [1.165, 1.54) is 0 Å². The maximum atomic E-state index is 7.62. The number of aliphatic hydroxyl groups excluding tert-OH is 2. The van der Waals surface area contributed by atoms with Crippen molar-refractivity contribution in [3.05, 3.63) is 12.3 Å². The maximum absolute atomic E-state index is 7.62. The van der Waals surface area contributed by atoms with Crippen molar-refractivity contribution >= 4 is 0 Å². The first-order valence-corrected chi connectivity index (χ1v) is 2.27. The van der Waals surface area contributed by atoms with Crippen LogP contribution >= 0.6 is 0 Å². The van der Waals surface area contributed by atoms with Gasteiger partial charge >= 0.3 is 0 Å². The first-order valence-electron chi connectivity index (χ1n) is 2.27. The van der Waals surface area contributed by atoms with Gasteiger partial charge in [-0.1, -0.05) is 6.58 Å². The van der Waals surface area contributed by atoms with E-state index in [0.29, 0.717) is 5.70 Å². The molecule has 0 spiro atoms. The zero-order valence-corrected chi connectivity index (χ0v) is 5.09. The highest BCUT2D eigenvalue weighted by Crippen LogP contribution is 1.58. The van der Waals surface area contributed by atoms with Gasteiger partial charge in [-0.3, -0.25) is 0 Å². The molecule has 0 bridgehead atoms. The lowest BCUT2D eigenvalue weighted by Crippen LogP contribution is -1.85. The molecule has 0 aromatic rings. The summed E-state index contributed by atoms with van der Waals surface area (Å²) in [5, 5.41) is 15.2. The number of allylic oxidation sites excluding steroid dienone is 1. The molecule has 0 aliphatic rings. The van der Waals surface area contributed by atoms with Gasteiger partial charge in [-0.05, 0) is 12.6 Å². The van der Waals surface area contributed by atoms with Gasteiger partial charge in [0.2, 0.25) is 0 Å². The molecule has 0 aromatic carbocycles. The number of nitrogens with two attached hydrogens (primary N) is 1. The van der Waals surface area contributed by atoms with Gasteiger partial charge in [0.25, 0.3) is 0 Å². The molecule has 0 heterocycles. The minimum absolute atomic E-state index is 0.125. The van der Waals surface area contributed by atoms with Crippen LogP contribution in [0.25, 0.3) is 0 Å².